The van der Waals surface area contributed by atoms with Crippen molar-refractivity contribution in [2.24, 2.45) is 0 Å². The van der Waals surface area contributed by atoms with E-state index in [1.54, 1.807) is 49.6 Å². The molecule has 0 saturated carbocycles. The topological polar surface area (TPSA) is 93.1 Å². The van der Waals surface area contributed by atoms with E-state index in [4.69, 9.17) is 9.47 Å². The molecule has 0 amide bonds. The lowest BCUT2D eigenvalue weighted by atomic mass is 10.0. The Labute approximate surface area is 197 Å². The first-order valence-corrected chi connectivity index (χ1v) is 10.4. The summed E-state index contributed by atoms with van der Waals surface area (Å²) in [4.78, 5) is 24.3. The van der Waals surface area contributed by atoms with Crippen LogP contribution in [0.25, 0.3) is 0 Å². The van der Waals surface area contributed by atoms with Gasteiger partial charge in [-0.2, -0.15) is 0 Å². The summed E-state index contributed by atoms with van der Waals surface area (Å²) < 4.78 is 10.1. The van der Waals surface area contributed by atoms with Crippen molar-refractivity contribution >= 4 is 11.6 Å². The lowest BCUT2D eigenvalue weighted by Crippen LogP contribution is -2.03. The maximum atomic E-state index is 12.1. The van der Waals surface area contributed by atoms with Crippen LogP contribution in [0.15, 0.2) is 97.1 Å². The highest BCUT2D eigenvalue weighted by Gasteiger charge is 2.17. The van der Waals surface area contributed by atoms with Crippen LogP contribution in [0.5, 0.6) is 23.0 Å². The molecule has 0 spiro atoms. The minimum absolute atomic E-state index is 0.0157. The van der Waals surface area contributed by atoms with Gasteiger partial charge in [0.25, 0.3) is 0 Å². The predicted octanol–water partition coefficient (Wildman–Crippen LogP) is 5.26. The molecule has 0 aromatic heterocycles. The summed E-state index contributed by atoms with van der Waals surface area (Å²) >= 11 is 0. The zero-order valence-corrected chi connectivity index (χ0v) is 18.8. The summed E-state index contributed by atoms with van der Waals surface area (Å²) in [7, 11) is 3.04. The number of rotatable bonds is 6. The minimum Gasteiger partial charge on any atom is -0.507 e. The highest BCUT2D eigenvalue weighted by Crippen LogP contribution is 2.28. The molecule has 0 aliphatic heterocycles. The van der Waals surface area contributed by atoms with Crippen LogP contribution in [0.4, 0.5) is 0 Å². The second kappa shape index (κ2) is 11.3. The number of methoxy groups -OCH3 is 2. The van der Waals surface area contributed by atoms with Crippen LogP contribution in [0.3, 0.4) is 0 Å². The van der Waals surface area contributed by atoms with E-state index in [0.29, 0.717) is 22.6 Å². The number of phenolic OH excluding ortho intramolecular Hbond substituents is 2. The van der Waals surface area contributed by atoms with Gasteiger partial charge in [0.15, 0.2) is 11.6 Å². The Morgan fingerprint density at radius 3 is 1.79 bits per heavy atom. The Hall–Kier alpha value is -4.58. The van der Waals surface area contributed by atoms with Gasteiger partial charge in [-0.05, 0) is 36.4 Å². The molecule has 0 bridgehead atoms. The molecule has 0 fully saturated rings. The SMILES string of the molecule is COc1ccc(C(=O)c2ccccc2O)c(O)c1.COc1ccccc1C(=O)c1ccccc1. The van der Waals surface area contributed by atoms with Crippen molar-refractivity contribution in [1.82, 2.24) is 0 Å². The van der Waals surface area contributed by atoms with Gasteiger partial charge in [0.1, 0.15) is 23.0 Å². The van der Waals surface area contributed by atoms with Crippen LogP contribution in [-0.2, 0) is 0 Å². The van der Waals surface area contributed by atoms with Gasteiger partial charge in [0.05, 0.1) is 30.9 Å². The van der Waals surface area contributed by atoms with Crippen LogP contribution in [0.1, 0.15) is 31.8 Å². The lowest BCUT2D eigenvalue weighted by Gasteiger charge is -2.07. The third-order valence-electron chi connectivity index (χ3n) is 4.99. The van der Waals surface area contributed by atoms with Gasteiger partial charge in [0.2, 0.25) is 0 Å². The molecule has 0 saturated heterocycles. The Morgan fingerprint density at radius 2 is 1.18 bits per heavy atom. The summed E-state index contributed by atoms with van der Waals surface area (Å²) in [5.74, 6) is 0.323. The highest BCUT2D eigenvalue weighted by atomic mass is 16.5. The first-order valence-electron chi connectivity index (χ1n) is 10.4. The van der Waals surface area contributed by atoms with Gasteiger partial charge < -0.3 is 19.7 Å². The fourth-order valence-electron chi connectivity index (χ4n) is 3.22. The number of benzene rings is 4. The Bertz CT molecular complexity index is 1280. The number of hydrogen-bond acceptors (Lipinski definition) is 6. The van der Waals surface area contributed by atoms with Crippen molar-refractivity contribution in [1.29, 1.82) is 0 Å². The van der Waals surface area contributed by atoms with E-state index in [0.717, 1.165) is 0 Å². The maximum Gasteiger partial charge on any atom is 0.200 e. The molecule has 0 heterocycles. The van der Waals surface area contributed by atoms with Crippen LogP contribution in [0, 0.1) is 0 Å². The number of para-hydroxylation sites is 2. The third-order valence-corrected chi connectivity index (χ3v) is 4.99. The minimum atomic E-state index is -0.437. The fraction of sp³-hybridized carbons (Fsp3) is 0.0714. The second-order valence-electron chi connectivity index (χ2n) is 7.12. The normalized spacial score (nSPS) is 9.94. The molecular weight excluding hydrogens is 432 g/mol. The van der Waals surface area contributed by atoms with Gasteiger partial charge in [-0.1, -0.05) is 54.6 Å². The standard InChI is InChI=1S/C14H12O4.C14H12O2/c1-18-9-6-7-11(13(16)8-9)14(17)10-4-2-3-5-12(10)15;1-16-13-10-6-5-9-12(13)14(15)11-7-3-2-4-8-11/h2-8,15-16H,1H3;2-10H,1H3. The van der Waals surface area contributed by atoms with E-state index < -0.39 is 5.78 Å². The molecule has 6 nitrogen and oxygen atoms in total. The molecule has 6 heteroatoms. The van der Waals surface area contributed by atoms with Gasteiger partial charge in [-0.3, -0.25) is 9.59 Å². The molecule has 0 aliphatic rings. The molecular formula is C28H24O6. The molecule has 0 unspecified atom stereocenters. The average Bonchev–Trinajstić information content (AvgIpc) is 2.89. The first kappa shape index (κ1) is 24.1. The van der Waals surface area contributed by atoms with Crippen LogP contribution < -0.4 is 9.47 Å². The van der Waals surface area contributed by atoms with Crippen molar-refractivity contribution in [3.05, 3.63) is 119 Å². The number of aromatic hydroxyl groups is 2. The molecule has 0 radical (unpaired) electrons. The molecule has 2 N–H and O–H groups in total. The maximum absolute atomic E-state index is 12.1. The number of ketones is 2. The smallest absolute Gasteiger partial charge is 0.200 e. The molecule has 172 valence electrons. The van der Waals surface area contributed by atoms with E-state index in [1.807, 2.05) is 30.3 Å². The largest absolute Gasteiger partial charge is 0.507 e. The van der Waals surface area contributed by atoms with Gasteiger partial charge in [-0.15, -0.1) is 0 Å². The fourth-order valence-corrected chi connectivity index (χ4v) is 3.22. The monoisotopic (exact) mass is 456 g/mol. The van der Waals surface area contributed by atoms with Crippen molar-refractivity contribution in [3.63, 3.8) is 0 Å². The Balaban J connectivity index is 0.000000192. The van der Waals surface area contributed by atoms with E-state index in [2.05, 4.69) is 0 Å². The van der Waals surface area contributed by atoms with E-state index in [1.165, 1.54) is 31.4 Å². The van der Waals surface area contributed by atoms with Crippen molar-refractivity contribution in [2.75, 3.05) is 14.2 Å². The summed E-state index contributed by atoms with van der Waals surface area (Å²) in [5.41, 5.74) is 1.54. The first-order chi connectivity index (χ1) is 16.5. The summed E-state index contributed by atoms with van der Waals surface area (Å²) in [6, 6.07) is 27.0. The number of ether oxygens (including phenoxy) is 2. The van der Waals surface area contributed by atoms with Crippen LogP contribution >= 0.6 is 0 Å². The molecule has 0 atom stereocenters. The van der Waals surface area contributed by atoms with Crippen molar-refractivity contribution < 1.29 is 29.3 Å². The van der Waals surface area contributed by atoms with E-state index in [9.17, 15) is 19.8 Å². The van der Waals surface area contributed by atoms with Gasteiger partial charge in [-0.25, -0.2) is 0 Å². The molecule has 4 aromatic rings. The van der Waals surface area contributed by atoms with Gasteiger partial charge >= 0.3 is 0 Å². The highest BCUT2D eigenvalue weighted by molar-refractivity contribution is 6.12. The number of carbonyl (C=O) groups is 2. The van der Waals surface area contributed by atoms with Crippen molar-refractivity contribution in [2.45, 2.75) is 0 Å². The zero-order valence-electron chi connectivity index (χ0n) is 18.8. The summed E-state index contributed by atoms with van der Waals surface area (Å²) in [6.07, 6.45) is 0. The average molecular weight is 456 g/mol. The van der Waals surface area contributed by atoms with Crippen LogP contribution in [0.2, 0.25) is 0 Å². The molecule has 4 aromatic carbocycles. The lowest BCUT2D eigenvalue weighted by molar-refractivity contribution is 0.102. The number of phenols is 2. The second-order valence-corrected chi connectivity index (χ2v) is 7.12. The number of carbonyl (C=O) groups excluding carboxylic acids is 2. The Morgan fingerprint density at radius 1 is 0.588 bits per heavy atom. The number of hydrogen-bond donors (Lipinski definition) is 2. The van der Waals surface area contributed by atoms with E-state index >= 15 is 0 Å². The molecule has 0 aliphatic carbocycles. The Kier molecular flexibility index (Phi) is 8.02. The molecule has 4 rings (SSSR count). The zero-order chi connectivity index (χ0) is 24.5. The predicted molar refractivity (Wildman–Crippen MR) is 129 cm³/mol. The van der Waals surface area contributed by atoms with Crippen LogP contribution in [-0.4, -0.2) is 36.0 Å². The third kappa shape index (κ3) is 5.61. The van der Waals surface area contributed by atoms with Crippen molar-refractivity contribution in [3.8, 4) is 23.0 Å². The van der Waals surface area contributed by atoms with Gasteiger partial charge in [0, 0.05) is 11.6 Å². The summed E-state index contributed by atoms with van der Waals surface area (Å²) in [6.45, 7) is 0. The molecule has 34 heavy (non-hydrogen) atoms. The van der Waals surface area contributed by atoms with E-state index in [-0.39, 0.29) is 28.4 Å². The summed E-state index contributed by atoms with van der Waals surface area (Å²) in [5, 5.41) is 19.4. The quantitative estimate of drug-likeness (QED) is 0.384.